The van der Waals surface area contributed by atoms with Gasteiger partial charge in [0, 0.05) is 11.8 Å². The molecule has 1 aliphatic rings. The number of anilines is 1. The highest BCUT2D eigenvalue weighted by molar-refractivity contribution is 8.00. The van der Waals surface area contributed by atoms with Gasteiger partial charge in [-0.1, -0.05) is 0 Å². The van der Waals surface area contributed by atoms with Crippen LogP contribution in [0.5, 0.6) is 0 Å². The van der Waals surface area contributed by atoms with Gasteiger partial charge in [-0.05, 0) is 30.7 Å². The minimum Gasteiger partial charge on any atom is -0.478 e. The maximum Gasteiger partial charge on any atom is 0.338 e. The second-order valence-electron chi connectivity index (χ2n) is 4.11. The van der Waals surface area contributed by atoms with Crippen molar-refractivity contribution in [2.75, 3.05) is 17.6 Å². The topological polar surface area (TPSA) is 49.3 Å². The molecule has 1 aliphatic heterocycles. The molecule has 1 unspecified atom stereocenters. The number of rotatable bonds is 4. The Hall–Kier alpha value is -1.30. The van der Waals surface area contributed by atoms with Crippen molar-refractivity contribution in [3.63, 3.8) is 0 Å². The maximum absolute atomic E-state index is 13.6. The number of halogens is 2. The van der Waals surface area contributed by atoms with E-state index in [1.165, 1.54) is 6.07 Å². The summed E-state index contributed by atoms with van der Waals surface area (Å²) >= 11 is 1.81. The molecule has 0 saturated carbocycles. The van der Waals surface area contributed by atoms with E-state index in [0.29, 0.717) is 11.8 Å². The summed E-state index contributed by atoms with van der Waals surface area (Å²) in [4.78, 5) is 10.6. The van der Waals surface area contributed by atoms with Gasteiger partial charge in [-0.25, -0.2) is 13.6 Å². The fourth-order valence-corrected chi connectivity index (χ4v) is 3.08. The molecule has 0 amide bonds. The van der Waals surface area contributed by atoms with Gasteiger partial charge < -0.3 is 10.4 Å². The molecule has 18 heavy (non-hydrogen) atoms. The zero-order chi connectivity index (χ0) is 13.1. The largest absolute Gasteiger partial charge is 0.478 e. The molecule has 1 fully saturated rings. The smallest absolute Gasteiger partial charge is 0.338 e. The van der Waals surface area contributed by atoms with Crippen LogP contribution < -0.4 is 5.32 Å². The molecule has 2 N–H and O–H groups in total. The molecule has 6 heteroatoms. The SMILES string of the molecule is O=C(O)c1ccc(NCC2CCCS2)c(F)c1F. The molecule has 1 atom stereocenters. The second kappa shape index (κ2) is 5.56. The molecule has 0 aromatic heterocycles. The Balaban J connectivity index is 2.09. The molecule has 2 rings (SSSR count). The summed E-state index contributed by atoms with van der Waals surface area (Å²) < 4.78 is 27.0. The molecule has 1 heterocycles. The van der Waals surface area contributed by atoms with Crippen LogP contribution in [0.4, 0.5) is 14.5 Å². The van der Waals surface area contributed by atoms with E-state index >= 15 is 0 Å². The summed E-state index contributed by atoms with van der Waals surface area (Å²) in [5, 5.41) is 11.9. The fraction of sp³-hybridized carbons (Fsp3) is 0.417. The van der Waals surface area contributed by atoms with Crippen LogP contribution in [0.1, 0.15) is 23.2 Å². The lowest BCUT2D eigenvalue weighted by molar-refractivity contribution is 0.0690. The number of carbonyl (C=O) groups is 1. The third kappa shape index (κ3) is 2.75. The molecule has 0 radical (unpaired) electrons. The Morgan fingerprint density at radius 3 is 2.83 bits per heavy atom. The van der Waals surface area contributed by atoms with E-state index in [0.717, 1.165) is 24.7 Å². The Kier molecular flexibility index (Phi) is 4.06. The van der Waals surface area contributed by atoms with Crippen molar-refractivity contribution < 1.29 is 18.7 Å². The number of hydrogen-bond donors (Lipinski definition) is 2. The molecule has 3 nitrogen and oxygen atoms in total. The molecule has 1 aromatic rings. The standard InChI is InChI=1S/C12H13F2NO2S/c13-10-8(12(16)17)3-4-9(11(10)14)15-6-7-2-1-5-18-7/h3-4,7,15H,1-2,5-6H2,(H,16,17). The number of aromatic carboxylic acids is 1. The predicted octanol–water partition coefficient (Wildman–Crippen LogP) is 2.97. The van der Waals surface area contributed by atoms with Crippen LogP contribution in [-0.4, -0.2) is 28.6 Å². The van der Waals surface area contributed by atoms with Crippen LogP contribution >= 0.6 is 11.8 Å². The van der Waals surface area contributed by atoms with Crippen molar-refractivity contribution in [2.45, 2.75) is 18.1 Å². The first-order chi connectivity index (χ1) is 8.59. The first-order valence-corrected chi connectivity index (χ1v) is 6.71. The van der Waals surface area contributed by atoms with Crippen molar-refractivity contribution in [1.82, 2.24) is 0 Å². The molecule has 1 saturated heterocycles. The van der Waals surface area contributed by atoms with E-state index in [1.807, 2.05) is 0 Å². The summed E-state index contributed by atoms with van der Waals surface area (Å²) in [6, 6.07) is 2.34. The highest BCUT2D eigenvalue weighted by Crippen LogP contribution is 2.27. The Morgan fingerprint density at radius 1 is 1.44 bits per heavy atom. The summed E-state index contributed by atoms with van der Waals surface area (Å²) in [6.45, 7) is 0.563. The monoisotopic (exact) mass is 273 g/mol. The van der Waals surface area contributed by atoms with Gasteiger partial charge in [-0.15, -0.1) is 0 Å². The van der Waals surface area contributed by atoms with Crippen LogP contribution in [0, 0.1) is 11.6 Å². The summed E-state index contributed by atoms with van der Waals surface area (Å²) in [7, 11) is 0. The van der Waals surface area contributed by atoms with Crippen molar-refractivity contribution >= 4 is 23.4 Å². The number of nitrogens with one attached hydrogen (secondary N) is 1. The van der Waals surface area contributed by atoms with E-state index in [1.54, 1.807) is 11.8 Å². The van der Waals surface area contributed by atoms with E-state index < -0.39 is 23.2 Å². The minimum absolute atomic E-state index is 0.0185. The van der Waals surface area contributed by atoms with Gasteiger partial charge in [0.25, 0.3) is 0 Å². The Labute approximate surface area is 108 Å². The van der Waals surface area contributed by atoms with Crippen molar-refractivity contribution in [3.05, 3.63) is 29.3 Å². The van der Waals surface area contributed by atoms with Crippen LogP contribution in [0.3, 0.4) is 0 Å². The first kappa shape index (κ1) is 13.1. The maximum atomic E-state index is 13.6. The van der Waals surface area contributed by atoms with Gasteiger partial charge in [0.15, 0.2) is 11.6 Å². The Morgan fingerprint density at radius 2 is 2.22 bits per heavy atom. The average Bonchev–Trinajstić information content (AvgIpc) is 2.83. The zero-order valence-electron chi connectivity index (χ0n) is 9.58. The summed E-state index contributed by atoms with van der Waals surface area (Å²) in [6.07, 6.45) is 2.21. The van der Waals surface area contributed by atoms with Crippen molar-refractivity contribution in [2.24, 2.45) is 0 Å². The lowest BCUT2D eigenvalue weighted by atomic mass is 10.1. The number of thioether (sulfide) groups is 1. The van der Waals surface area contributed by atoms with E-state index in [-0.39, 0.29) is 5.69 Å². The third-order valence-corrected chi connectivity index (χ3v) is 4.26. The van der Waals surface area contributed by atoms with Crippen LogP contribution in [-0.2, 0) is 0 Å². The number of carboxylic acids is 1. The molecule has 1 aromatic carbocycles. The number of carboxylic acid groups (broad SMARTS) is 1. The van der Waals surface area contributed by atoms with Gasteiger partial charge in [0.1, 0.15) is 0 Å². The first-order valence-electron chi connectivity index (χ1n) is 5.66. The Bertz CT molecular complexity index is 462. The zero-order valence-corrected chi connectivity index (χ0v) is 10.4. The summed E-state index contributed by atoms with van der Waals surface area (Å²) in [5.41, 5.74) is -0.627. The normalized spacial score (nSPS) is 18.9. The molecule has 98 valence electrons. The minimum atomic E-state index is -1.47. The van der Waals surface area contributed by atoms with Crippen molar-refractivity contribution in [3.8, 4) is 0 Å². The van der Waals surface area contributed by atoms with E-state index in [4.69, 9.17) is 5.11 Å². The summed E-state index contributed by atoms with van der Waals surface area (Å²) in [5.74, 6) is -2.81. The lowest BCUT2D eigenvalue weighted by Crippen LogP contribution is -2.15. The molecular formula is C12H13F2NO2S. The van der Waals surface area contributed by atoms with Gasteiger partial charge >= 0.3 is 5.97 Å². The van der Waals surface area contributed by atoms with Gasteiger partial charge in [-0.3, -0.25) is 0 Å². The number of hydrogen-bond acceptors (Lipinski definition) is 3. The quantitative estimate of drug-likeness (QED) is 0.885. The second-order valence-corrected chi connectivity index (χ2v) is 5.52. The van der Waals surface area contributed by atoms with Crippen LogP contribution in [0.2, 0.25) is 0 Å². The predicted molar refractivity (Wildman–Crippen MR) is 67.3 cm³/mol. The highest BCUT2D eigenvalue weighted by Gasteiger charge is 2.19. The van der Waals surface area contributed by atoms with E-state index in [2.05, 4.69) is 5.32 Å². The van der Waals surface area contributed by atoms with Gasteiger partial charge in [-0.2, -0.15) is 11.8 Å². The van der Waals surface area contributed by atoms with Crippen molar-refractivity contribution in [1.29, 1.82) is 0 Å². The van der Waals surface area contributed by atoms with Crippen LogP contribution in [0.15, 0.2) is 12.1 Å². The van der Waals surface area contributed by atoms with Crippen LogP contribution in [0.25, 0.3) is 0 Å². The lowest BCUT2D eigenvalue weighted by Gasteiger charge is -2.12. The van der Waals surface area contributed by atoms with E-state index in [9.17, 15) is 13.6 Å². The third-order valence-electron chi connectivity index (χ3n) is 2.86. The molecule has 0 spiro atoms. The highest BCUT2D eigenvalue weighted by atomic mass is 32.2. The molecule has 0 bridgehead atoms. The molecule has 0 aliphatic carbocycles. The van der Waals surface area contributed by atoms with Gasteiger partial charge in [0.2, 0.25) is 0 Å². The number of benzene rings is 1. The van der Waals surface area contributed by atoms with Gasteiger partial charge in [0.05, 0.1) is 11.3 Å². The fourth-order valence-electron chi connectivity index (χ4n) is 1.88. The average molecular weight is 273 g/mol. The molecular weight excluding hydrogens is 260 g/mol.